The number of quaternary nitrogens is 1. The molecule has 0 aliphatic heterocycles. The number of rotatable bonds is 12. The summed E-state index contributed by atoms with van der Waals surface area (Å²) >= 11 is 0. The van der Waals surface area contributed by atoms with Crippen LogP contribution in [-0.2, 0) is 14.3 Å². The second kappa shape index (κ2) is 9.26. The maximum absolute atomic E-state index is 12.1. The summed E-state index contributed by atoms with van der Waals surface area (Å²) in [7, 11) is 4.19. The van der Waals surface area contributed by atoms with Crippen molar-refractivity contribution < 1.29 is 18.8 Å². The predicted molar refractivity (Wildman–Crippen MR) is 111 cm³/mol. The molecular weight excluding hydrogens is 338 g/mol. The summed E-state index contributed by atoms with van der Waals surface area (Å²) in [6.07, 6.45) is 10.1. The van der Waals surface area contributed by atoms with Gasteiger partial charge in [-0.3, -0.25) is 0 Å². The van der Waals surface area contributed by atoms with E-state index in [0.717, 1.165) is 31.9 Å². The lowest BCUT2D eigenvalue weighted by Crippen LogP contribution is -2.47. The third kappa shape index (κ3) is 5.47. The molecule has 0 aromatic carbocycles. The van der Waals surface area contributed by atoms with Gasteiger partial charge in [0.2, 0.25) is 0 Å². The molecule has 0 radical (unpaired) electrons. The Morgan fingerprint density at radius 2 is 1.78 bits per heavy atom. The second-order valence-electron chi connectivity index (χ2n) is 10.4. The van der Waals surface area contributed by atoms with Crippen LogP contribution in [0.2, 0.25) is 0 Å². The summed E-state index contributed by atoms with van der Waals surface area (Å²) in [4.78, 5) is 12.1. The van der Waals surface area contributed by atoms with E-state index in [0.29, 0.717) is 34.6 Å². The molecule has 0 spiro atoms. The Morgan fingerprint density at radius 3 is 2.37 bits per heavy atom. The van der Waals surface area contributed by atoms with Gasteiger partial charge in [-0.1, -0.05) is 53.4 Å². The third-order valence-electron chi connectivity index (χ3n) is 7.80. The van der Waals surface area contributed by atoms with Gasteiger partial charge in [-0.2, -0.15) is 0 Å². The second-order valence-corrected chi connectivity index (χ2v) is 10.4. The average Bonchev–Trinajstić information content (AvgIpc) is 2.91. The van der Waals surface area contributed by atoms with E-state index < -0.39 is 0 Å². The largest absolute Gasteiger partial charge is 0.462 e. The Hall–Kier alpha value is -0.610. The minimum Gasteiger partial charge on any atom is -0.462 e. The predicted octanol–water partition coefficient (Wildman–Crippen LogP) is 4.81. The number of hydrogen-bond acceptors (Lipinski definition) is 3. The smallest absolute Gasteiger partial charge is 0.361 e. The molecule has 4 nitrogen and oxygen atoms in total. The molecule has 0 unspecified atom stereocenters. The molecule has 0 N–H and O–H groups in total. The normalized spacial score (nSPS) is 29.3. The van der Waals surface area contributed by atoms with E-state index in [1.54, 1.807) is 0 Å². The zero-order valence-electron chi connectivity index (χ0n) is 18.8. The van der Waals surface area contributed by atoms with Gasteiger partial charge in [0.05, 0.1) is 33.4 Å². The van der Waals surface area contributed by atoms with Gasteiger partial charge in [0.15, 0.2) is 6.54 Å². The van der Waals surface area contributed by atoms with Crippen molar-refractivity contribution in [2.75, 3.05) is 40.4 Å². The number of unbranched alkanes of at least 4 members (excludes halogenated alkanes) is 4. The van der Waals surface area contributed by atoms with E-state index in [-0.39, 0.29) is 5.97 Å². The van der Waals surface area contributed by atoms with Crippen molar-refractivity contribution in [3.8, 4) is 0 Å². The van der Waals surface area contributed by atoms with E-state index in [2.05, 4.69) is 41.8 Å². The molecular formula is C23H44NO3+. The van der Waals surface area contributed by atoms with Gasteiger partial charge < -0.3 is 14.0 Å². The standard InChI is InChI=1S/C23H44NO3/c1-7-8-9-10-11-15-27-21(25)18-24(5,6)14-16-26-20-17-19-12-13-23(20,4)22(19,2)3/h19-20H,7-18H2,1-6H3/q+1/t19-,20-,23+/m1/s1. The van der Waals surface area contributed by atoms with Crippen LogP contribution in [-0.4, -0.2) is 57.0 Å². The van der Waals surface area contributed by atoms with Crippen LogP contribution in [0.4, 0.5) is 0 Å². The highest BCUT2D eigenvalue weighted by Crippen LogP contribution is 2.66. The van der Waals surface area contributed by atoms with E-state index in [9.17, 15) is 4.79 Å². The summed E-state index contributed by atoms with van der Waals surface area (Å²) in [5.74, 6) is 0.728. The molecule has 2 saturated carbocycles. The fraction of sp³-hybridized carbons (Fsp3) is 0.957. The Labute approximate surface area is 167 Å². The van der Waals surface area contributed by atoms with Crippen molar-refractivity contribution in [2.24, 2.45) is 16.7 Å². The van der Waals surface area contributed by atoms with Crippen LogP contribution in [0.15, 0.2) is 0 Å². The number of esters is 1. The van der Waals surface area contributed by atoms with Gasteiger partial charge in [-0.05, 0) is 42.4 Å². The number of carbonyl (C=O) groups excluding carboxylic acids is 1. The third-order valence-corrected chi connectivity index (χ3v) is 7.80. The summed E-state index contributed by atoms with van der Waals surface area (Å²) in [6.45, 7) is 12.0. The Balaban J connectivity index is 1.64. The number of hydrogen-bond donors (Lipinski definition) is 0. The molecule has 2 aliphatic carbocycles. The average molecular weight is 383 g/mol. The van der Waals surface area contributed by atoms with Crippen LogP contribution >= 0.6 is 0 Å². The SMILES string of the molecule is CCCCCCCOC(=O)C[N+](C)(C)CCO[C@@H]1C[C@H]2CC[C@]1(C)C2(C)C. The molecule has 0 aromatic rings. The first kappa shape index (κ1) is 22.7. The minimum absolute atomic E-state index is 0.0801. The van der Waals surface area contributed by atoms with Crippen LogP contribution in [0.1, 0.15) is 79.1 Å². The number of carbonyl (C=O) groups is 1. The van der Waals surface area contributed by atoms with Gasteiger partial charge in [0, 0.05) is 0 Å². The van der Waals surface area contributed by atoms with E-state index in [1.807, 2.05) is 0 Å². The zero-order chi connectivity index (χ0) is 20.1. The maximum atomic E-state index is 12.1. The minimum atomic E-state index is -0.0801. The van der Waals surface area contributed by atoms with Crippen molar-refractivity contribution in [2.45, 2.75) is 85.2 Å². The molecule has 0 amide bonds. The van der Waals surface area contributed by atoms with Gasteiger partial charge in [-0.15, -0.1) is 0 Å². The fourth-order valence-electron chi connectivity index (χ4n) is 5.19. The summed E-state index contributed by atoms with van der Waals surface area (Å²) in [5.41, 5.74) is 0.703. The molecule has 3 atom stereocenters. The molecule has 2 fully saturated rings. The fourth-order valence-corrected chi connectivity index (χ4v) is 5.19. The van der Waals surface area contributed by atoms with Crippen molar-refractivity contribution in [3.63, 3.8) is 0 Å². The van der Waals surface area contributed by atoms with Gasteiger partial charge >= 0.3 is 5.97 Å². The molecule has 0 aromatic heterocycles. The van der Waals surface area contributed by atoms with Gasteiger partial charge in [0.25, 0.3) is 0 Å². The Kier molecular flexibility index (Phi) is 7.78. The van der Waals surface area contributed by atoms with Crippen LogP contribution in [0.5, 0.6) is 0 Å². The molecule has 2 aliphatic rings. The quantitative estimate of drug-likeness (QED) is 0.276. The number of fused-ring (bicyclic) bond motifs is 2. The first-order chi connectivity index (χ1) is 12.6. The molecule has 27 heavy (non-hydrogen) atoms. The lowest BCUT2D eigenvalue weighted by atomic mass is 9.70. The van der Waals surface area contributed by atoms with Gasteiger partial charge in [-0.25, -0.2) is 4.79 Å². The van der Waals surface area contributed by atoms with Crippen molar-refractivity contribution in [3.05, 3.63) is 0 Å². The number of likely N-dealkylation sites (N-methyl/N-ethyl adjacent to an activating group) is 1. The van der Waals surface area contributed by atoms with E-state index >= 15 is 0 Å². The monoisotopic (exact) mass is 382 g/mol. The van der Waals surface area contributed by atoms with E-state index in [4.69, 9.17) is 9.47 Å². The molecule has 0 saturated heterocycles. The lowest BCUT2D eigenvalue weighted by molar-refractivity contribution is -0.883. The Morgan fingerprint density at radius 1 is 1.07 bits per heavy atom. The highest BCUT2D eigenvalue weighted by molar-refractivity contribution is 5.70. The van der Waals surface area contributed by atoms with Crippen molar-refractivity contribution >= 4 is 5.97 Å². The van der Waals surface area contributed by atoms with Crippen molar-refractivity contribution in [1.82, 2.24) is 0 Å². The van der Waals surface area contributed by atoms with Gasteiger partial charge in [0.1, 0.15) is 6.54 Å². The summed E-state index contributed by atoms with van der Waals surface area (Å²) < 4.78 is 12.4. The van der Waals surface area contributed by atoms with Crippen LogP contribution in [0.3, 0.4) is 0 Å². The first-order valence-electron chi connectivity index (χ1n) is 11.2. The summed E-state index contributed by atoms with van der Waals surface area (Å²) in [6, 6.07) is 0. The first-order valence-corrected chi connectivity index (χ1v) is 11.2. The zero-order valence-corrected chi connectivity index (χ0v) is 18.8. The molecule has 2 rings (SSSR count). The highest BCUT2D eigenvalue weighted by Gasteiger charge is 2.61. The van der Waals surface area contributed by atoms with Crippen LogP contribution in [0.25, 0.3) is 0 Å². The number of ether oxygens (including phenoxy) is 2. The molecule has 0 heterocycles. The topological polar surface area (TPSA) is 35.5 Å². The molecule has 2 bridgehead atoms. The lowest BCUT2D eigenvalue weighted by Gasteiger charge is -2.39. The highest BCUT2D eigenvalue weighted by atomic mass is 16.5. The van der Waals surface area contributed by atoms with Crippen LogP contribution < -0.4 is 0 Å². The molecule has 158 valence electrons. The van der Waals surface area contributed by atoms with E-state index in [1.165, 1.54) is 38.5 Å². The van der Waals surface area contributed by atoms with Crippen LogP contribution in [0, 0.1) is 16.7 Å². The maximum Gasteiger partial charge on any atom is 0.361 e. The Bertz CT molecular complexity index is 488. The van der Waals surface area contributed by atoms with Crippen molar-refractivity contribution in [1.29, 1.82) is 0 Å². The summed E-state index contributed by atoms with van der Waals surface area (Å²) in [5, 5.41) is 0. The molecule has 4 heteroatoms. The number of nitrogens with zero attached hydrogens (tertiary/aromatic N) is 1.